The quantitative estimate of drug-likeness (QED) is 0.776. The van der Waals surface area contributed by atoms with Crippen molar-refractivity contribution in [3.8, 4) is 0 Å². The molecule has 0 fully saturated rings. The maximum absolute atomic E-state index is 5.06. The van der Waals surface area contributed by atoms with E-state index in [4.69, 9.17) is 4.74 Å². The molecule has 0 saturated heterocycles. The summed E-state index contributed by atoms with van der Waals surface area (Å²) >= 11 is 0. The lowest BCUT2D eigenvalue weighted by Gasteiger charge is -2.11. The number of nitrogens with one attached hydrogen (secondary N) is 1. The lowest BCUT2D eigenvalue weighted by atomic mass is 10.2. The number of rotatable bonds is 5. The van der Waals surface area contributed by atoms with E-state index in [0.717, 1.165) is 24.8 Å². The third-order valence-electron chi connectivity index (χ3n) is 2.06. The summed E-state index contributed by atoms with van der Waals surface area (Å²) in [6.07, 6.45) is 2.00. The molecule has 1 aromatic heterocycles. The molecule has 1 aromatic rings. The van der Waals surface area contributed by atoms with Crippen LogP contribution in [-0.2, 0) is 11.8 Å². The minimum atomic E-state index is 0.497. The van der Waals surface area contributed by atoms with Crippen LogP contribution in [0.4, 0.5) is 5.95 Å². The first-order valence-corrected chi connectivity index (χ1v) is 4.86. The Kier molecular flexibility index (Phi) is 3.95. The van der Waals surface area contributed by atoms with Crippen molar-refractivity contribution in [1.29, 1.82) is 0 Å². The summed E-state index contributed by atoms with van der Waals surface area (Å²) in [5.74, 6) is 1.42. The van der Waals surface area contributed by atoms with Crippen LogP contribution in [0.3, 0.4) is 0 Å². The molecule has 0 radical (unpaired) electrons. The van der Waals surface area contributed by atoms with E-state index in [1.807, 2.05) is 24.7 Å². The molecule has 1 atom stereocenters. The number of anilines is 1. The minimum absolute atomic E-state index is 0.497. The van der Waals surface area contributed by atoms with Gasteiger partial charge in [0, 0.05) is 26.9 Å². The van der Waals surface area contributed by atoms with Gasteiger partial charge in [0.25, 0.3) is 0 Å². The van der Waals surface area contributed by atoms with Crippen molar-refractivity contribution >= 4 is 5.95 Å². The molecule has 14 heavy (non-hydrogen) atoms. The number of imidazole rings is 1. The fourth-order valence-corrected chi connectivity index (χ4v) is 1.39. The fourth-order valence-electron chi connectivity index (χ4n) is 1.39. The first kappa shape index (κ1) is 11.0. The van der Waals surface area contributed by atoms with Gasteiger partial charge in [-0.05, 0) is 12.8 Å². The molecule has 1 N–H and O–H groups in total. The Morgan fingerprint density at radius 1 is 1.64 bits per heavy atom. The summed E-state index contributed by atoms with van der Waals surface area (Å²) in [6, 6.07) is 0. The molecule has 0 aliphatic heterocycles. The number of nitrogens with zero attached hydrogens (tertiary/aromatic N) is 2. The molecule has 4 nitrogen and oxygen atoms in total. The highest BCUT2D eigenvalue weighted by Gasteiger charge is 2.04. The van der Waals surface area contributed by atoms with Crippen LogP contribution < -0.4 is 5.32 Å². The Morgan fingerprint density at radius 2 is 2.36 bits per heavy atom. The van der Waals surface area contributed by atoms with Gasteiger partial charge in [-0.3, -0.25) is 0 Å². The minimum Gasteiger partial charge on any atom is -0.384 e. The summed E-state index contributed by atoms with van der Waals surface area (Å²) in [5.41, 5.74) is 1.04. The lowest BCUT2D eigenvalue weighted by molar-refractivity contribution is 0.164. The van der Waals surface area contributed by atoms with E-state index in [1.54, 1.807) is 7.11 Å². The lowest BCUT2D eigenvalue weighted by Crippen LogP contribution is -2.17. The second kappa shape index (κ2) is 5.00. The van der Waals surface area contributed by atoms with Crippen molar-refractivity contribution < 1.29 is 4.74 Å². The molecule has 0 amide bonds. The van der Waals surface area contributed by atoms with Crippen molar-refractivity contribution in [1.82, 2.24) is 9.55 Å². The zero-order chi connectivity index (χ0) is 10.6. The van der Waals surface area contributed by atoms with E-state index in [1.165, 1.54) is 0 Å². The van der Waals surface area contributed by atoms with E-state index in [0.29, 0.717) is 5.92 Å². The molecule has 1 heterocycles. The number of ether oxygens (including phenoxy) is 1. The van der Waals surface area contributed by atoms with Gasteiger partial charge in [0.1, 0.15) is 0 Å². The van der Waals surface area contributed by atoms with E-state index < -0.39 is 0 Å². The average Bonchev–Trinajstić information content (AvgIpc) is 2.42. The highest BCUT2D eigenvalue weighted by atomic mass is 16.5. The van der Waals surface area contributed by atoms with E-state index in [9.17, 15) is 0 Å². The maximum atomic E-state index is 5.06. The van der Waals surface area contributed by atoms with Crippen molar-refractivity contribution in [3.05, 3.63) is 11.9 Å². The number of hydrogen-bond donors (Lipinski definition) is 1. The van der Waals surface area contributed by atoms with Crippen LogP contribution in [-0.4, -0.2) is 29.8 Å². The van der Waals surface area contributed by atoms with E-state index in [-0.39, 0.29) is 0 Å². The van der Waals surface area contributed by atoms with Crippen LogP contribution in [0.5, 0.6) is 0 Å². The molecule has 0 aromatic carbocycles. The van der Waals surface area contributed by atoms with Crippen molar-refractivity contribution in [2.75, 3.05) is 25.6 Å². The van der Waals surface area contributed by atoms with Gasteiger partial charge in [-0.15, -0.1) is 0 Å². The molecule has 0 aliphatic rings. The van der Waals surface area contributed by atoms with Crippen molar-refractivity contribution in [3.63, 3.8) is 0 Å². The monoisotopic (exact) mass is 197 g/mol. The van der Waals surface area contributed by atoms with Gasteiger partial charge in [-0.2, -0.15) is 0 Å². The Balaban J connectivity index is 2.41. The van der Waals surface area contributed by atoms with Crippen LogP contribution in [0.1, 0.15) is 12.6 Å². The van der Waals surface area contributed by atoms with Crippen LogP contribution in [0.15, 0.2) is 6.20 Å². The second-order valence-electron chi connectivity index (χ2n) is 3.76. The number of methoxy groups -OCH3 is 1. The molecular weight excluding hydrogens is 178 g/mol. The SMILES string of the molecule is COCC(C)CNc1nc(C)cn1C. The highest BCUT2D eigenvalue weighted by molar-refractivity contribution is 5.28. The van der Waals surface area contributed by atoms with Crippen LogP contribution >= 0.6 is 0 Å². The summed E-state index contributed by atoms with van der Waals surface area (Å²) in [6.45, 7) is 5.80. The predicted octanol–water partition coefficient (Wildman–Crippen LogP) is 1.42. The third kappa shape index (κ3) is 3.03. The molecule has 0 bridgehead atoms. The number of hydrogen-bond acceptors (Lipinski definition) is 3. The molecule has 80 valence electrons. The van der Waals surface area contributed by atoms with E-state index >= 15 is 0 Å². The van der Waals surface area contributed by atoms with Gasteiger partial charge < -0.3 is 14.6 Å². The Bertz CT molecular complexity index is 283. The zero-order valence-corrected chi connectivity index (χ0v) is 9.37. The molecule has 0 saturated carbocycles. The Labute approximate surface area is 85.3 Å². The molecule has 4 heteroatoms. The summed E-state index contributed by atoms with van der Waals surface area (Å²) in [4.78, 5) is 4.35. The predicted molar refractivity (Wildman–Crippen MR) is 57.5 cm³/mol. The fraction of sp³-hybridized carbons (Fsp3) is 0.700. The Hall–Kier alpha value is -1.03. The summed E-state index contributed by atoms with van der Waals surface area (Å²) < 4.78 is 7.06. The van der Waals surface area contributed by atoms with Crippen molar-refractivity contribution in [2.24, 2.45) is 13.0 Å². The smallest absolute Gasteiger partial charge is 0.202 e. The molecule has 1 rings (SSSR count). The number of aromatic nitrogens is 2. The van der Waals surface area contributed by atoms with Crippen LogP contribution in [0.25, 0.3) is 0 Å². The average molecular weight is 197 g/mol. The van der Waals surface area contributed by atoms with Gasteiger partial charge in [-0.1, -0.05) is 6.92 Å². The first-order chi connectivity index (χ1) is 6.63. The van der Waals surface area contributed by atoms with Gasteiger partial charge in [-0.25, -0.2) is 4.98 Å². The number of aryl methyl sites for hydroxylation is 2. The standard InChI is InChI=1S/C10H19N3O/c1-8(7-14-4)5-11-10-12-9(2)6-13(10)3/h6,8H,5,7H2,1-4H3,(H,11,12). The molecule has 0 spiro atoms. The molecular formula is C10H19N3O. The molecule has 0 aliphatic carbocycles. The topological polar surface area (TPSA) is 39.1 Å². The Morgan fingerprint density at radius 3 is 2.86 bits per heavy atom. The van der Waals surface area contributed by atoms with Crippen LogP contribution in [0.2, 0.25) is 0 Å². The van der Waals surface area contributed by atoms with Crippen LogP contribution in [0, 0.1) is 12.8 Å². The largest absolute Gasteiger partial charge is 0.384 e. The van der Waals surface area contributed by atoms with Crippen molar-refractivity contribution in [2.45, 2.75) is 13.8 Å². The summed E-state index contributed by atoms with van der Waals surface area (Å²) in [5, 5.41) is 3.29. The normalized spacial score (nSPS) is 12.9. The maximum Gasteiger partial charge on any atom is 0.202 e. The van der Waals surface area contributed by atoms with Gasteiger partial charge in [0.15, 0.2) is 0 Å². The van der Waals surface area contributed by atoms with Gasteiger partial charge in [0.2, 0.25) is 5.95 Å². The summed E-state index contributed by atoms with van der Waals surface area (Å²) in [7, 11) is 3.71. The van der Waals surface area contributed by atoms with Gasteiger partial charge >= 0.3 is 0 Å². The second-order valence-corrected chi connectivity index (χ2v) is 3.76. The highest BCUT2D eigenvalue weighted by Crippen LogP contribution is 2.06. The third-order valence-corrected chi connectivity index (χ3v) is 2.06. The zero-order valence-electron chi connectivity index (χ0n) is 9.37. The van der Waals surface area contributed by atoms with E-state index in [2.05, 4.69) is 17.2 Å². The molecule has 1 unspecified atom stereocenters. The first-order valence-electron chi connectivity index (χ1n) is 4.86. The van der Waals surface area contributed by atoms with Gasteiger partial charge in [0.05, 0.1) is 12.3 Å².